The van der Waals surface area contributed by atoms with Gasteiger partial charge in [-0.05, 0) is 42.2 Å². The number of cyclic esters (lactones) is 1. The SMILES string of the molecule is N.N/C=C\NC[C@H]1CN(c2ccc(C34CC3CN(C(=O)c3cccnc3)C4)cc2)C(=O)O1. The molecular formula is C23H28N6O3. The molecule has 1 aromatic carbocycles. The fourth-order valence-electron chi connectivity index (χ4n) is 4.84. The van der Waals surface area contributed by atoms with Crippen molar-refractivity contribution in [2.45, 2.75) is 17.9 Å². The van der Waals surface area contributed by atoms with Gasteiger partial charge in [0.15, 0.2) is 0 Å². The number of hydrogen-bond acceptors (Lipinski definition) is 7. The predicted octanol–water partition coefficient (Wildman–Crippen LogP) is 2.00. The maximum Gasteiger partial charge on any atom is 0.414 e. The van der Waals surface area contributed by atoms with Crippen LogP contribution in [-0.2, 0) is 10.2 Å². The van der Waals surface area contributed by atoms with Gasteiger partial charge >= 0.3 is 6.09 Å². The molecular weight excluding hydrogens is 408 g/mol. The summed E-state index contributed by atoms with van der Waals surface area (Å²) in [6, 6.07) is 11.7. The van der Waals surface area contributed by atoms with Crippen LogP contribution in [0.15, 0.2) is 61.2 Å². The summed E-state index contributed by atoms with van der Waals surface area (Å²) in [5.41, 5.74) is 8.01. The summed E-state index contributed by atoms with van der Waals surface area (Å²) >= 11 is 0. The standard InChI is InChI=1S/C23H25N5O3.H3N/c24-7-9-26-12-20-14-28(22(30)31-20)19-5-3-17(4-6-19)23-10-18(23)13-27(15-23)21(29)16-2-1-8-25-11-16;/h1-9,11,18,20,26H,10,12-15,24H2;1H3/b9-7-;/t18?,20-,23?;/m0./s1. The molecule has 2 aliphatic heterocycles. The number of benzene rings is 1. The molecule has 168 valence electrons. The molecule has 2 saturated heterocycles. The van der Waals surface area contributed by atoms with Gasteiger partial charge < -0.3 is 26.8 Å². The summed E-state index contributed by atoms with van der Waals surface area (Å²) < 4.78 is 5.42. The summed E-state index contributed by atoms with van der Waals surface area (Å²) in [6.45, 7) is 2.50. The Hall–Kier alpha value is -3.59. The number of anilines is 1. The third-order valence-corrected chi connectivity index (χ3v) is 6.53. The van der Waals surface area contributed by atoms with Gasteiger partial charge in [-0.15, -0.1) is 0 Å². The van der Waals surface area contributed by atoms with E-state index in [1.165, 1.54) is 11.8 Å². The summed E-state index contributed by atoms with van der Waals surface area (Å²) in [4.78, 5) is 32.7. The fourth-order valence-corrected chi connectivity index (χ4v) is 4.84. The van der Waals surface area contributed by atoms with E-state index in [1.807, 2.05) is 23.1 Å². The van der Waals surface area contributed by atoms with Crippen LogP contribution < -0.4 is 22.1 Å². The van der Waals surface area contributed by atoms with Gasteiger partial charge in [0, 0.05) is 49.0 Å². The van der Waals surface area contributed by atoms with E-state index in [1.54, 1.807) is 29.6 Å². The first-order chi connectivity index (χ1) is 15.1. The smallest absolute Gasteiger partial charge is 0.414 e. The lowest BCUT2D eigenvalue weighted by Crippen LogP contribution is -2.33. The molecule has 3 atom stereocenters. The number of amides is 2. The second-order valence-corrected chi connectivity index (χ2v) is 8.42. The number of carbonyl (C=O) groups excluding carboxylic acids is 2. The predicted molar refractivity (Wildman–Crippen MR) is 120 cm³/mol. The molecule has 0 radical (unpaired) electrons. The summed E-state index contributed by atoms with van der Waals surface area (Å²) in [5.74, 6) is 0.530. The molecule has 1 saturated carbocycles. The first-order valence-electron chi connectivity index (χ1n) is 10.5. The van der Waals surface area contributed by atoms with Crippen LogP contribution in [0, 0.1) is 5.92 Å². The zero-order valence-electron chi connectivity index (χ0n) is 17.8. The van der Waals surface area contributed by atoms with E-state index in [0.29, 0.717) is 24.6 Å². The van der Waals surface area contributed by atoms with Gasteiger partial charge in [-0.25, -0.2) is 4.79 Å². The average molecular weight is 437 g/mol. The van der Waals surface area contributed by atoms with Crippen LogP contribution in [0.25, 0.3) is 0 Å². The molecule has 9 nitrogen and oxygen atoms in total. The minimum absolute atomic E-state index is 0. The Balaban J connectivity index is 0.00000245. The van der Waals surface area contributed by atoms with Crippen LogP contribution in [0.4, 0.5) is 10.5 Å². The van der Waals surface area contributed by atoms with Crippen molar-refractivity contribution in [3.63, 3.8) is 0 Å². The molecule has 0 bridgehead atoms. The number of nitrogens with two attached hydrogens (primary N) is 1. The van der Waals surface area contributed by atoms with Gasteiger partial charge in [-0.1, -0.05) is 12.1 Å². The van der Waals surface area contributed by atoms with Crippen LogP contribution in [0.3, 0.4) is 0 Å². The van der Waals surface area contributed by atoms with Crippen LogP contribution in [0.5, 0.6) is 0 Å². The van der Waals surface area contributed by atoms with E-state index >= 15 is 0 Å². The van der Waals surface area contributed by atoms with Crippen molar-refractivity contribution < 1.29 is 14.3 Å². The lowest BCUT2D eigenvalue weighted by Gasteiger charge is -2.22. The summed E-state index contributed by atoms with van der Waals surface area (Å²) in [7, 11) is 0. The van der Waals surface area contributed by atoms with Crippen molar-refractivity contribution in [2.75, 3.05) is 31.1 Å². The molecule has 5 rings (SSSR count). The molecule has 32 heavy (non-hydrogen) atoms. The maximum atomic E-state index is 12.8. The van der Waals surface area contributed by atoms with Crippen LogP contribution in [0.1, 0.15) is 22.3 Å². The Bertz CT molecular complexity index is 1010. The largest absolute Gasteiger partial charge is 0.442 e. The molecule has 0 spiro atoms. The highest BCUT2D eigenvalue weighted by atomic mass is 16.6. The number of nitrogens with one attached hydrogen (secondary N) is 1. The lowest BCUT2D eigenvalue weighted by atomic mass is 9.94. The molecule has 9 heteroatoms. The van der Waals surface area contributed by atoms with Gasteiger partial charge in [0.25, 0.3) is 5.91 Å². The van der Waals surface area contributed by atoms with Gasteiger partial charge in [0.05, 0.1) is 18.7 Å². The highest BCUT2D eigenvalue weighted by molar-refractivity contribution is 5.94. The van der Waals surface area contributed by atoms with Crippen molar-refractivity contribution >= 4 is 17.7 Å². The normalized spacial score (nSPS) is 25.9. The van der Waals surface area contributed by atoms with Crippen molar-refractivity contribution in [2.24, 2.45) is 11.7 Å². The number of carbonyl (C=O) groups is 2. The molecule has 1 aromatic heterocycles. The minimum atomic E-state index is -0.340. The topological polar surface area (TPSA) is 136 Å². The van der Waals surface area contributed by atoms with Crippen molar-refractivity contribution in [1.82, 2.24) is 21.4 Å². The Kier molecular flexibility index (Phi) is 5.75. The molecule has 3 heterocycles. The zero-order valence-corrected chi connectivity index (χ0v) is 17.8. The fraction of sp³-hybridized carbons (Fsp3) is 0.348. The molecule has 6 N–H and O–H groups in total. The average Bonchev–Trinajstić information content (AvgIpc) is 3.17. The second-order valence-electron chi connectivity index (χ2n) is 8.42. The number of nitrogens with zero attached hydrogens (tertiary/aromatic N) is 3. The van der Waals surface area contributed by atoms with Gasteiger partial charge in [0.2, 0.25) is 0 Å². The highest BCUT2D eigenvalue weighted by Gasteiger charge is 2.61. The summed E-state index contributed by atoms with van der Waals surface area (Å²) in [5, 5.41) is 3.01. The first-order valence-corrected chi connectivity index (χ1v) is 10.5. The molecule has 3 aliphatic rings. The number of ether oxygens (including phenoxy) is 1. The Morgan fingerprint density at radius 1 is 1.28 bits per heavy atom. The molecule has 1 aliphatic carbocycles. The lowest BCUT2D eigenvalue weighted by molar-refractivity contribution is 0.0772. The van der Waals surface area contributed by atoms with Crippen molar-refractivity contribution in [3.05, 3.63) is 72.3 Å². The number of hydrogen-bond donors (Lipinski definition) is 3. The molecule has 2 amide bonds. The summed E-state index contributed by atoms with van der Waals surface area (Å²) in [6.07, 6.45) is 6.86. The molecule has 2 aromatic rings. The zero-order chi connectivity index (χ0) is 21.4. The van der Waals surface area contributed by atoms with E-state index in [2.05, 4.69) is 22.4 Å². The number of piperidine rings is 1. The number of aromatic nitrogens is 1. The third kappa shape index (κ3) is 3.75. The van der Waals surface area contributed by atoms with Gasteiger partial charge in [-0.3, -0.25) is 14.7 Å². The van der Waals surface area contributed by atoms with E-state index in [4.69, 9.17) is 10.5 Å². The van der Waals surface area contributed by atoms with E-state index < -0.39 is 0 Å². The van der Waals surface area contributed by atoms with Crippen LogP contribution in [0.2, 0.25) is 0 Å². The van der Waals surface area contributed by atoms with E-state index in [-0.39, 0.29) is 29.7 Å². The minimum Gasteiger partial charge on any atom is -0.442 e. The van der Waals surface area contributed by atoms with Crippen molar-refractivity contribution in [3.8, 4) is 0 Å². The molecule has 3 fully saturated rings. The van der Waals surface area contributed by atoms with E-state index in [0.717, 1.165) is 25.2 Å². The van der Waals surface area contributed by atoms with Gasteiger partial charge in [-0.2, -0.15) is 0 Å². The Morgan fingerprint density at radius 3 is 2.81 bits per heavy atom. The monoisotopic (exact) mass is 436 g/mol. The Morgan fingerprint density at radius 2 is 2.09 bits per heavy atom. The maximum absolute atomic E-state index is 12.8. The van der Waals surface area contributed by atoms with Crippen molar-refractivity contribution in [1.29, 1.82) is 0 Å². The number of fused-ring (bicyclic) bond motifs is 1. The number of likely N-dealkylation sites (tertiary alicyclic amines) is 1. The van der Waals surface area contributed by atoms with E-state index in [9.17, 15) is 9.59 Å². The van der Waals surface area contributed by atoms with Crippen LogP contribution >= 0.6 is 0 Å². The number of pyridine rings is 1. The second kappa shape index (κ2) is 8.51. The van der Waals surface area contributed by atoms with Gasteiger partial charge in [0.1, 0.15) is 6.10 Å². The quantitative estimate of drug-likeness (QED) is 0.630. The van der Waals surface area contributed by atoms with Crippen LogP contribution in [-0.4, -0.2) is 54.2 Å². The Labute approximate surface area is 186 Å². The first kappa shape index (κ1) is 21.6. The molecule has 2 unspecified atom stereocenters. The highest BCUT2D eigenvalue weighted by Crippen LogP contribution is 2.59. The third-order valence-electron chi connectivity index (χ3n) is 6.53. The number of rotatable bonds is 6.